The molecule has 0 rings (SSSR count). The maximum Gasteiger partial charge on any atom is 0.0851 e. The van der Waals surface area contributed by atoms with Gasteiger partial charge < -0.3 is 5.11 Å². The maximum atomic E-state index is 8.92. The molecule has 0 fully saturated rings. The predicted molar refractivity (Wildman–Crippen MR) is 77.5 cm³/mol. The quantitative estimate of drug-likeness (QED) is 0.302. The van der Waals surface area contributed by atoms with E-state index in [-0.39, 0.29) is 0 Å². The van der Waals surface area contributed by atoms with Crippen LogP contribution in [-0.4, -0.2) is 5.11 Å². The highest BCUT2D eigenvalue weighted by molar-refractivity contribution is 4.77. The fourth-order valence-electron chi connectivity index (χ4n) is 2.17. The largest absolute Gasteiger partial charge is 0.513 e. The van der Waals surface area contributed by atoms with Crippen LogP contribution in [0.4, 0.5) is 0 Å². The van der Waals surface area contributed by atoms with Crippen LogP contribution in [0.25, 0.3) is 0 Å². The smallest absolute Gasteiger partial charge is 0.0851 e. The van der Waals surface area contributed by atoms with Crippen LogP contribution in [0.1, 0.15) is 90.4 Å². The lowest BCUT2D eigenvalue weighted by molar-refractivity contribution is 0.383. The second-order valence-corrected chi connectivity index (χ2v) is 5.21. The lowest BCUT2D eigenvalue weighted by atomic mass is 10.0. The van der Waals surface area contributed by atoms with Crippen molar-refractivity contribution in [1.29, 1.82) is 0 Å². The highest BCUT2D eigenvalue weighted by Gasteiger charge is 1.94. The standard InChI is InChI=1S/C16H32O/c1-3-4-5-6-7-8-9-10-11-12-13-14-15-16(2)17/h17H,2-15H2,1H3. The van der Waals surface area contributed by atoms with Crippen molar-refractivity contribution in [3.63, 3.8) is 0 Å². The van der Waals surface area contributed by atoms with Crippen LogP contribution in [0.5, 0.6) is 0 Å². The molecule has 0 aromatic carbocycles. The van der Waals surface area contributed by atoms with Gasteiger partial charge in [0, 0.05) is 6.42 Å². The van der Waals surface area contributed by atoms with Gasteiger partial charge in [-0.2, -0.15) is 0 Å². The van der Waals surface area contributed by atoms with Crippen molar-refractivity contribution in [1.82, 2.24) is 0 Å². The Labute approximate surface area is 108 Å². The molecule has 0 spiro atoms. The molecule has 0 aliphatic carbocycles. The molecular weight excluding hydrogens is 208 g/mol. The molecule has 0 bridgehead atoms. The number of rotatable bonds is 13. The minimum atomic E-state index is 0.345. The third kappa shape index (κ3) is 15.5. The van der Waals surface area contributed by atoms with Crippen molar-refractivity contribution in [2.24, 2.45) is 0 Å². The Bertz CT molecular complexity index is 163. The number of hydrogen-bond acceptors (Lipinski definition) is 1. The first-order chi connectivity index (χ1) is 8.27. The molecule has 17 heavy (non-hydrogen) atoms. The van der Waals surface area contributed by atoms with Crippen molar-refractivity contribution in [3.05, 3.63) is 12.3 Å². The van der Waals surface area contributed by atoms with Crippen LogP contribution < -0.4 is 0 Å². The van der Waals surface area contributed by atoms with Gasteiger partial charge in [0.25, 0.3) is 0 Å². The van der Waals surface area contributed by atoms with Crippen LogP contribution in [-0.2, 0) is 0 Å². The summed E-state index contributed by atoms with van der Waals surface area (Å²) in [6, 6.07) is 0. The van der Waals surface area contributed by atoms with E-state index in [2.05, 4.69) is 13.5 Å². The lowest BCUT2D eigenvalue weighted by Gasteiger charge is -2.02. The highest BCUT2D eigenvalue weighted by Crippen LogP contribution is 2.13. The van der Waals surface area contributed by atoms with E-state index in [9.17, 15) is 0 Å². The van der Waals surface area contributed by atoms with Crippen LogP contribution in [0, 0.1) is 0 Å². The molecule has 1 heteroatoms. The van der Waals surface area contributed by atoms with Crippen molar-refractivity contribution in [2.45, 2.75) is 90.4 Å². The van der Waals surface area contributed by atoms with Gasteiger partial charge in [0.05, 0.1) is 5.76 Å². The molecule has 1 N–H and O–H groups in total. The van der Waals surface area contributed by atoms with E-state index >= 15 is 0 Å². The Morgan fingerprint density at radius 3 is 1.41 bits per heavy atom. The van der Waals surface area contributed by atoms with Gasteiger partial charge in [-0.05, 0) is 6.42 Å². The molecule has 0 aliphatic heterocycles. The summed E-state index contributed by atoms with van der Waals surface area (Å²) in [6.07, 6.45) is 17.1. The number of allylic oxidation sites excluding steroid dienone is 1. The molecule has 102 valence electrons. The summed E-state index contributed by atoms with van der Waals surface area (Å²) >= 11 is 0. The van der Waals surface area contributed by atoms with E-state index in [1.165, 1.54) is 70.6 Å². The van der Waals surface area contributed by atoms with E-state index in [1.807, 2.05) is 0 Å². The third-order valence-electron chi connectivity index (χ3n) is 3.32. The molecule has 0 unspecified atom stereocenters. The number of aliphatic hydroxyl groups excluding tert-OH is 1. The van der Waals surface area contributed by atoms with E-state index in [0.717, 1.165) is 12.8 Å². The minimum Gasteiger partial charge on any atom is -0.513 e. The summed E-state index contributed by atoms with van der Waals surface area (Å²) in [5.74, 6) is 0.345. The SMILES string of the molecule is C=C(O)CCCCCCCCCCCCCC. The Morgan fingerprint density at radius 2 is 1.06 bits per heavy atom. The average Bonchev–Trinajstić information content (AvgIpc) is 2.30. The Balaban J connectivity index is 2.91. The second-order valence-electron chi connectivity index (χ2n) is 5.21. The fraction of sp³-hybridized carbons (Fsp3) is 0.875. The molecule has 0 saturated heterocycles. The summed E-state index contributed by atoms with van der Waals surface area (Å²) in [7, 11) is 0. The van der Waals surface area contributed by atoms with E-state index < -0.39 is 0 Å². The van der Waals surface area contributed by atoms with Crippen molar-refractivity contribution in [3.8, 4) is 0 Å². The van der Waals surface area contributed by atoms with Crippen LogP contribution >= 0.6 is 0 Å². The van der Waals surface area contributed by atoms with Gasteiger partial charge in [-0.1, -0.05) is 84.1 Å². The van der Waals surface area contributed by atoms with E-state index in [0.29, 0.717) is 5.76 Å². The summed E-state index contributed by atoms with van der Waals surface area (Å²) in [5.41, 5.74) is 0. The van der Waals surface area contributed by atoms with Gasteiger partial charge in [0.15, 0.2) is 0 Å². The lowest BCUT2D eigenvalue weighted by Crippen LogP contribution is -1.83. The Morgan fingerprint density at radius 1 is 0.706 bits per heavy atom. The summed E-state index contributed by atoms with van der Waals surface area (Å²) < 4.78 is 0. The molecule has 0 radical (unpaired) electrons. The van der Waals surface area contributed by atoms with Gasteiger partial charge in [0.1, 0.15) is 0 Å². The first-order valence-corrected chi connectivity index (χ1v) is 7.64. The molecule has 0 heterocycles. The predicted octanol–water partition coefficient (Wildman–Crippen LogP) is 6.15. The highest BCUT2D eigenvalue weighted by atomic mass is 16.3. The van der Waals surface area contributed by atoms with Crippen LogP contribution in [0.15, 0.2) is 12.3 Å². The summed E-state index contributed by atoms with van der Waals surface area (Å²) in [6.45, 7) is 5.77. The first-order valence-electron chi connectivity index (χ1n) is 7.64. The fourth-order valence-corrected chi connectivity index (χ4v) is 2.17. The Hall–Kier alpha value is -0.460. The van der Waals surface area contributed by atoms with E-state index in [4.69, 9.17) is 5.11 Å². The molecule has 0 aliphatic rings. The zero-order valence-corrected chi connectivity index (χ0v) is 11.8. The zero-order valence-electron chi connectivity index (χ0n) is 11.8. The molecule has 0 atom stereocenters. The van der Waals surface area contributed by atoms with Crippen molar-refractivity contribution < 1.29 is 5.11 Å². The van der Waals surface area contributed by atoms with Crippen molar-refractivity contribution in [2.75, 3.05) is 0 Å². The van der Waals surface area contributed by atoms with Gasteiger partial charge in [-0.25, -0.2) is 0 Å². The number of hydrogen-bond donors (Lipinski definition) is 1. The molecule has 0 saturated carbocycles. The van der Waals surface area contributed by atoms with E-state index in [1.54, 1.807) is 0 Å². The topological polar surface area (TPSA) is 20.2 Å². The monoisotopic (exact) mass is 240 g/mol. The summed E-state index contributed by atoms with van der Waals surface area (Å²) in [4.78, 5) is 0. The molecule has 0 amide bonds. The molecule has 0 aromatic heterocycles. The van der Waals surface area contributed by atoms with Gasteiger partial charge in [0.2, 0.25) is 0 Å². The van der Waals surface area contributed by atoms with Gasteiger partial charge in [-0.3, -0.25) is 0 Å². The third-order valence-corrected chi connectivity index (χ3v) is 3.32. The van der Waals surface area contributed by atoms with Gasteiger partial charge >= 0.3 is 0 Å². The zero-order chi connectivity index (χ0) is 12.8. The molecule has 0 aromatic rings. The minimum absolute atomic E-state index is 0.345. The normalized spacial score (nSPS) is 10.6. The van der Waals surface area contributed by atoms with Crippen LogP contribution in [0.2, 0.25) is 0 Å². The first kappa shape index (κ1) is 16.5. The number of aliphatic hydroxyl groups is 1. The maximum absolute atomic E-state index is 8.92. The second kappa shape index (κ2) is 13.6. The number of unbranched alkanes of at least 4 members (excludes halogenated alkanes) is 11. The van der Waals surface area contributed by atoms with Crippen LogP contribution in [0.3, 0.4) is 0 Å². The Kier molecular flexibility index (Phi) is 13.2. The summed E-state index contributed by atoms with van der Waals surface area (Å²) in [5, 5.41) is 8.92. The van der Waals surface area contributed by atoms with Crippen molar-refractivity contribution >= 4 is 0 Å². The molecule has 1 nitrogen and oxygen atoms in total. The molecular formula is C16H32O. The van der Waals surface area contributed by atoms with Gasteiger partial charge in [-0.15, -0.1) is 0 Å². The average molecular weight is 240 g/mol.